The summed E-state index contributed by atoms with van der Waals surface area (Å²) in [6.45, 7) is 2.16. The third-order valence-electron chi connectivity index (χ3n) is 6.03. The van der Waals surface area contributed by atoms with Crippen molar-refractivity contribution in [2.45, 2.75) is 70.5 Å². The molecule has 1 aliphatic carbocycles. The lowest BCUT2D eigenvalue weighted by molar-refractivity contribution is -0.122. The van der Waals surface area contributed by atoms with E-state index in [9.17, 15) is 14.4 Å². The molecule has 7 nitrogen and oxygen atoms in total. The number of carbonyl (C=O) groups excluding carboxylic acids is 2. The fourth-order valence-corrected chi connectivity index (χ4v) is 4.48. The van der Waals surface area contributed by atoms with Gasteiger partial charge in [0.1, 0.15) is 5.69 Å². The molecule has 2 aromatic rings. The maximum Gasteiger partial charge on any atom is 0.278 e. The number of aromatic nitrogens is 2. The van der Waals surface area contributed by atoms with E-state index in [1.807, 2.05) is 31.2 Å². The van der Waals surface area contributed by atoms with Gasteiger partial charge in [0.2, 0.25) is 5.91 Å². The molecule has 1 fully saturated rings. The van der Waals surface area contributed by atoms with Crippen LogP contribution in [0, 0.1) is 0 Å². The zero-order valence-electron chi connectivity index (χ0n) is 17.3. The molecule has 1 saturated carbocycles. The number of rotatable bonds is 5. The molecule has 0 radical (unpaired) electrons. The zero-order valence-corrected chi connectivity index (χ0v) is 17.3. The second-order valence-corrected chi connectivity index (χ2v) is 8.29. The number of carbonyl (C=O) groups is 2. The summed E-state index contributed by atoms with van der Waals surface area (Å²) in [6.07, 6.45) is 6.52. The van der Waals surface area contributed by atoms with E-state index in [-0.39, 0.29) is 48.1 Å². The van der Waals surface area contributed by atoms with E-state index < -0.39 is 0 Å². The fraction of sp³-hybridized carbons (Fsp3) is 0.478. The summed E-state index contributed by atoms with van der Waals surface area (Å²) >= 11 is 0. The van der Waals surface area contributed by atoms with Crippen molar-refractivity contribution in [2.24, 2.45) is 0 Å². The molecule has 4 rings (SSSR count). The van der Waals surface area contributed by atoms with Gasteiger partial charge in [-0.05, 0) is 43.9 Å². The van der Waals surface area contributed by atoms with Crippen LogP contribution in [-0.2, 0) is 17.8 Å². The molecule has 1 aliphatic heterocycles. The van der Waals surface area contributed by atoms with Gasteiger partial charge in [0.05, 0.1) is 6.54 Å². The maximum atomic E-state index is 13.2. The van der Waals surface area contributed by atoms with E-state index in [4.69, 9.17) is 0 Å². The monoisotopic (exact) mass is 408 g/mol. The van der Waals surface area contributed by atoms with Crippen LogP contribution in [0.2, 0.25) is 0 Å². The van der Waals surface area contributed by atoms with Crippen LogP contribution < -0.4 is 15.8 Å². The molecule has 1 N–H and O–H groups in total. The number of anilines is 1. The Morgan fingerprint density at radius 1 is 1.10 bits per heavy atom. The second kappa shape index (κ2) is 8.81. The molecule has 0 unspecified atom stereocenters. The number of amides is 2. The number of benzene rings is 1. The molecule has 1 aromatic carbocycles. The van der Waals surface area contributed by atoms with Crippen LogP contribution >= 0.6 is 0 Å². The highest BCUT2D eigenvalue weighted by molar-refractivity contribution is 6.06. The molecule has 30 heavy (non-hydrogen) atoms. The van der Waals surface area contributed by atoms with Gasteiger partial charge in [0.15, 0.2) is 0 Å². The van der Waals surface area contributed by atoms with Gasteiger partial charge in [-0.2, -0.15) is 5.10 Å². The van der Waals surface area contributed by atoms with E-state index in [2.05, 4.69) is 10.4 Å². The Morgan fingerprint density at radius 3 is 2.67 bits per heavy atom. The minimum absolute atomic E-state index is 0.0262. The highest BCUT2D eigenvalue weighted by Crippen LogP contribution is 2.32. The van der Waals surface area contributed by atoms with Gasteiger partial charge in [-0.25, -0.2) is 4.68 Å². The maximum absolute atomic E-state index is 13.2. The number of aryl methyl sites for hydroxylation is 1. The molecule has 1 atom stereocenters. The quantitative estimate of drug-likeness (QED) is 0.824. The van der Waals surface area contributed by atoms with Gasteiger partial charge in [0, 0.05) is 30.3 Å². The van der Waals surface area contributed by atoms with E-state index in [1.165, 1.54) is 23.2 Å². The molecular weight excluding hydrogens is 380 g/mol. The van der Waals surface area contributed by atoms with Crippen LogP contribution in [0.5, 0.6) is 0 Å². The SMILES string of the molecule is C[C@@H]1Cc2ccccc2N1C(=O)c1ccc(=O)n(CCC(=O)NC2CCCCC2)n1. The van der Waals surface area contributed by atoms with Gasteiger partial charge >= 0.3 is 0 Å². The highest BCUT2D eigenvalue weighted by Gasteiger charge is 2.32. The third kappa shape index (κ3) is 4.30. The van der Waals surface area contributed by atoms with Crippen LogP contribution in [0.25, 0.3) is 0 Å². The average molecular weight is 409 g/mol. The predicted octanol–water partition coefficient (Wildman–Crippen LogP) is 2.67. The van der Waals surface area contributed by atoms with Crippen molar-refractivity contribution >= 4 is 17.5 Å². The molecule has 0 bridgehead atoms. The minimum Gasteiger partial charge on any atom is -0.353 e. The molecule has 2 aliphatic rings. The molecular formula is C23H28N4O3. The van der Waals surface area contributed by atoms with Crippen LogP contribution in [-0.4, -0.2) is 33.7 Å². The van der Waals surface area contributed by atoms with Gasteiger partial charge in [-0.3, -0.25) is 14.4 Å². The van der Waals surface area contributed by atoms with E-state index in [0.29, 0.717) is 0 Å². The lowest BCUT2D eigenvalue weighted by Crippen LogP contribution is -2.38. The zero-order chi connectivity index (χ0) is 21.1. The lowest BCUT2D eigenvalue weighted by atomic mass is 9.95. The Labute approximate surface area is 176 Å². The van der Waals surface area contributed by atoms with Crippen molar-refractivity contribution < 1.29 is 9.59 Å². The Kier molecular flexibility index (Phi) is 5.97. The Hall–Kier alpha value is -2.96. The van der Waals surface area contributed by atoms with E-state index in [1.54, 1.807) is 4.90 Å². The second-order valence-electron chi connectivity index (χ2n) is 8.29. The van der Waals surface area contributed by atoms with Crippen LogP contribution in [0.4, 0.5) is 5.69 Å². The van der Waals surface area contributed by atoms with Gasteiger partial charge in [0.25, 0.3) is 11.5 Å². The summed E-state index contributed by atoms with van der Waals surface area (Å²) < 4.78 is 1.22. The highest BCUT2D eigenvalue weighted by atomic mass is 16.2. The summed E-state index contributed by atoms with van der Waals surface area (Å²) in [5, 5.41) is 7.33. The first kappa shape index (κ1) is 20.3. The molecule has 7 heteroatoms. The van der Waals surface area contributed by atoms with Crippen LogP contribution in [0.1, 0.15) is 61.5 Å². The summed E-state index contributed by atoms with van der Waals surface area (Å²) in [5.74, 6) is -0.303. The molecule has 158 valence electrons. The first-order valence-corrected chi connectivity index (χ1v) is 10.8. The molecule has 0 spiro atoms. The summed E-state index contributed by atoms with van der Waals surface area (Å²) in [5.41, 5.74) is 1.92. The largest absolute Gasteiger partial charge is 0.353 e. The number of fused-ring (bicyclic) bond motifs is 1. The topological polar surface area (TPSA) is 84.3 Å². The van der Waals surface area contributed by atoms with Crippen LogP contribution in [0.3, 0.4) is 0 Å². The Bertz CT molecular complexity index is 994. The normalized spacial score (nSPS) is 18.8. The van der Waals surface area contributed by atoms with Crippen molar-refractivity contribution in [1.82, 2.24) is 15.1 Å². The van der Waals surface area contributed by atoms with E-state index >= 15 is 0 Å². The van der Waals surface area contributed by atoms with Crippen molar-refractivity contribution in [2.75, 3.05) is 4.90 Å². The minimum atomic E-state index is -0.313. The molecule has 1 aromatic heterocycles. The van der Waals surface area contributed by atoms with Gasteiger partial charge < -0.3 is 10.2 Å². The van der Waals surface area contributed by atoms with Gasteiger partial charge in [-0.1, -0.05) is 37.5 Å². The van der Waals surface area contributed by atoms with Crippen LogP contribution in [0.15, 0.2) is 41.2 Å². The Morgan fingerprint density at radius 2 is 1.87 bits per heavy atom. The summed E-state index contributed by atoms with van der Waals surface area (Å²) in [4.78, 5) is 39.4. The van der Waals surface area contributed by atoms with Crippen molar-refractivity contribution in [3.05, 3.63) is 58.0 Å². The first-order chi connectivity index (χ1) is 14.5. The fourth-order valence-electron chi connectivity index (χ4n) is 4.48. The summed E-state index contributed by atoms with van der Waals surface area (Å²) in [7, 11) is 0. The van der Waals surface area contributed by atoms with Crippen molar-refractivity contribution in [3.63, 3.8) is 0 Å². The molecule has 2 heterocycles. The number of nitrogens with zero attached hydrogens (tertiary/aromatic N) is 3. The number of nitrogens with one attached hydrogen (secondary N) is 1. The standard InChI is InChI=1S/C23H28N4O3/c1-16-15-17-7-5-6-10-20(17)27(16)23(30)19-11-12-22(29)26(25-19)14-13-21(28)24-18-8-3-2-4-9-18/h5-7,10-12,16,18H,2-4,8-9,13-15H2,1H3,(H,24,28)/t16-/m1/s1. The smallest absolute Gasteiger partial charge is 0.278 e. The molecule has 0 saturated heterocycles. The van der Waals surface area contributed by atoms with Crippen molar-refractivity contribution in [3.8, 4) is 0 Å². The van der Waals surface area contributed by atoms with Gasteiger partial charge in [-0.15, -0.1) is 0 Å². The van der Waals surface area contributed by atoms with E-state index in [0.717, 1.165) is 43.4 Å². The first-order valence-electron chi connectivity index (χ1n) is 10.8. The third-order valence-corrected chi connectivity index (χ3v) is 6.03. The lowest BCUT2D eigenvalue weighted by Gasteiger charge is -2.23. The summed E-state index contributed by atoms with van der Waals surface area (Å²) in [6, 6.07) is 10.9. The Balaban J connectivity index is 1.45. The number of hydrogen-bond acceptors (Lipinski definition) is 4. The molecule has 2 amide bonds. The van der Waals surface area contributed by atoms with Crippen molar-refractivity contribution in [1.29, 1.82) is 0 Å². The number of hydrogen-bond donors (Lipinski definition) is 1. The average Bonchev–Trinajstić information content (AvgIpc) is 3.09. The predicted molar refractivity (Wildman–Crippen MR) is 115 cm³/mol. The number of para-hydroxylation sites is 1.